The number of nitrogens with zero attached hydrogens (tertiary/aromatic N) is 1. The summed E-state index contributed by atoms with van der Waals surface area (Å²) < 4.78 is 0. The predicted molar refractivity (Wildman–Crippen MR) is 87.3 cm³/mol. The number of hydrazine groups is 1. The Balaban J connectivity index is 1.57. The minimum atomic E-state index is -1.72. The van der Waals surface area contributed by atoms with Gasteiger partial charge in [0.1, 0.15) is 6.04 Å². The number of carbonyl (C=O) groups is 2. The van der Waals surface area contributed by atoms with Crippen molar-refractivity contribution in [3.05, 3.63) is 34.9 Å². The van der Waals surface area contributed by atoms with Crippen LogP contribution in [0.15, 0.2) is 24.3 Å². The van der Waals surface area contributed by atoms with Gasteiger partial charge in [0.2, 0.25) is 5.91 Å². The van der Waals surface area contributed by atoms with Crippen LogP contribution in [-0.2, 0) is 9.59 Å². The summed E-state index contributed by atoms with van der Waals surface area (Å²) in [6.07, 6.45) is 0.698. The van der Waals surface area contributed by atoms with Crippen molar-refractivity contribution in [1.29, 1.82) is 0 Å². The summed E-state index contributed by atoms with van der Waals surface area (Å²) in [5.41, 5.74) is 5.44. The Labute approximate surface area is 144 Å². The van der Waals surface area contributed by atoms with Crippen molar-refractivity contribution in [2.75, 3.05) is 13.1 Å². The summed E-state index contributed by atoms with van der Waals surface area (Å²) in [6, 6.07) is 7.10. The molecule has 0 spiro atoms. The summed E-state index contributed by atoms with van der Waals surface area (Å²) in [6.45, 7) is 0.483. The monoisotopic (exact) mass is 353 g/mol. The molecule has 1 aromatic rings. The molecule has 0 aromatic heterocycles. The second-order valence-electron chi connectivity index (χ2n) is 6.34. The van der Waals surface area contributed by atoms with Gasteiger partial charge in [0.15, 0.2) is 5.60 Å². The van der Waals surface area contributed by atoms with Crippen LogP contribution in [0.4, 0.5) is 0 Å². The van der Waals surface area contributed by atoms with Gasteiger partial charge >= 0.3 is 5.97 Å². The lowest BCUT2D eigenvalue weighted by Gasteiger charge is -2.36. The zero-order chi connectivity index (χ0) is 17.3. The van der Waals surface area contributed by atoms with Gasteiger partial charge in [0.05, 0.1) is 0 Å². The highest BCUT2D eigenvalue weighted by atomic mass is 35.5. The van der Waals surface area contributed by atoms with Crippen LogP contribution in [0, 0.1) is 0 Å². The van der Waals surface area contributed by atoms with Crippen LogP contribution in [0.1, 0.15) is 30.9 Å². The zero-order valence-corrected chi connectivity index (χ0v) is 13.8. The molecule has 2 aliphatic rings. The molecule has 2 heterocycles. The maximum Gasteiger partial charge on any atom is 0.335 e. The van der Waals surface area contributed by atoms with Crippen molar-refractivity contribution in [2.45, 2.75) is 36.9 Å². The Bertz CT molecular complexity index is 629. The van der Waals surface area contributed by atoms with Gasteiger partial charge in [-0.05, 0) is 24.1 Å². The van der Waals surface area contributed by atoms with Gasteiger partial charge in [-0.2, -0.15) is 0 Å². The summed E-state index contributed by atoms with van der Waals surface area (Å²) in [4.78, 5) is 25.2. The molecule has 0 radical (unpaired) electrons. The van der Waals surface area contributed by atoms with E-state index < -0.39 is 11.6 Å². The highest BCUT2D eigenvalue weighted by Gasteiger charge is 2.42. The number of rotatable bonds is 3. The lowest BCUT2D eigenvalue weighted by atomic mass is 9.91. The smallest absolute Gasteiger partial charge is 0.335 e. The van der Waals surface area contributed by atoms with E-state index in [0.717, 1.165) is 5.56 Å². The van der Waals surface area contributed by atoms with Gasteiger partial charge < -0.3 is 15.1 Å². The molecule has 0 bridgehead atoms. The summed E-state index contributed by atoms with van der Waals surface area (Å²) >= 11 is 5.89. The summed E-state index contributed by atoms with van der Waals surface area (Å²) in [5.74, 6) is -1.30. The van der Waals surface area contributed by atoms with Crippen LogP contribution < -0.4 is 10.9 Å². The molecule has 7 nitrogen and oxygen atoms in total. The van der Waals surface area contributed by atoms with E-state index in [1.165, 1.54) is 0 Å². The van der Waals surface area contributed by atoms with E-state index in [1.807, 2.05) is 24.3 Å². The Morgan fingerprint density at radius 3 is 2.38 bits per heavy atom. The van der Waals surface area contributed by atoms with Gasteiger partial charge in [-0.3, -0.25) is 4.79 Å². The number of nitrogens with one attached hydrogen (secondary N) is 2. The molecule has 8 heteroatoms. The maximum absolute atomic E-state index is 12.6. The molecule has 130 valence electrons. The quantitative estimate of drug-likeness (QED) is 0.637. The van der Waals surface area contributed by atoms with Crippen molar-refractivity contribution in [3.8, 4) is 0 Å². The van der Waals surface area contributed by atoms with E-state index in [-0.39, 0.29) is 43.9 Å². The molecular weight excluding hydrogens is 334 g/mol. The number of carboxylic acids is 1. The van der Waals surface area contributed by atoms with Gasteiger partial charge in [0.25, 0.3) is 0 Å². The highest BCUT2D eigenvalue weighted by Crippen LogP contribution is 2.27. The Hall–Kier alpha value is -1.67. The van der Waals surface area contributed by atoms with E-state index in [4.69, 9.17) is 16.7 Å². The van der Waals surface area contributed by atoms with Crippen LogP contribution in [0.3, 0.4) is 0 Å². The second-order valence-corrected chi connectivity index (χ2v) is 6.78. The van der Waals surface area contributed by atoms with Crippen LogP contribution in [-0.4, -0.2) is 51.7 Å². The molecule has 1 aromatic carbocycles. The number of carboxylic acid groups (broad SMARTS) is 1. The first kappa shape index (κ1) is 17.2. The number of hydrogen-bond acceptors (Lipinski definition) is 5. The normalized spacial score (nSPS) is 26.3. The Morgan fingerprint density at radius 2 is 1.79 bits per heavy atom. The molecule has 0 aliphatic carbocycles. The first-order chi connectivity index (χ1) is 11.4. The second kappa shape index (κ2) is 6.68. The van der Waals surface area contributed by atoms with Crippen molar-refractivity contribution in [3.63, 3.8) is 0 Å². The van der Waals surface area contributed by atoms with E-state index >= 15 is 0 Å². The number of likely N-dealkylation sites (tertiary alicyclic amines) is 1. The number of piperidine rings is 1. The van der Waals surface area contributed by atoms with E-state index in [0.29, 0.717) is 11.4 Å². The number of hydrogen-bond donors (Lipinski definition) is 4. The van der Waals surface area contributed by atoms with Gasteiger partial charge in [-0.1, -0.05) is 23.7 Å². The van der Waals surface area contributed by atoms with Crippen molar-refractivity contribution in [1.82, 2.24) is 15.8 Å². The number of aliphatic carboxylic acids is 1. The molecule has 2 unspecified atom stereocenters. The van der Waals surface area contributed by atoms with E-state index in [2.05, 4.69) is 10.9 Å². The maximum atomic E-state index is 12.6. The average Bonchev–Trinajstić information content (AvgIpc) is 3.05. The topological polar surface area (TPSA) is 102 Å². The first-order valence-corrected chi connectivity index (χ1v) is 8.28. The average molecular weight is 354 g/mol. The molecule has 2 aliphatic heterocycles. The van der Waals surface area contributed by atoms with Crippen LogP contribution in [0.5, 0.6) is 0 Å². The molecule has 3 rings (SSSR count). The lowest BCUT2D eigenvalue weighted by molar-refractivity contribution is -0.165. The molecule has 4 N–H and O–H groups in total. The van der Waals surface area contributed by atoms with E-state index in [9.17, 15) is 14.7 Å². The number of carbonyl (C=O) groups excluding carboxylic acids is 1. The third kappa shape index (κ3) is 3.39. The fourth-order valence-corrected chi connectivity index (χ4v) is 3.29. The number of amides is 1. The minimum Gasteiger partial charge on any atom is -0.479 e. The molecule has 1 amide bonds. The molecule has 2 saturated heterocycles. The third-order valence-corrected chi connectivity index (χ3v) is 5.03. The standard InChI is InChI=1S/C16H20ClN3O4/c17-11-3-1-10(2-4-11)12-9-13(19-18-12)14(21)20-7-5-16(24,6-8-20)15(22)23/h1-4,12-13,18-19,24H,5-9H2,(H,22,23). The highest BCUT2D eigenvalue weighted by molar-refractivity contribution is 6.30. The third-order valence-electron chi connectivity index (χ3n) is 4.77. The van der Waals surface area contributed by atoms with Gasteiger partial charge in [-0.25, -0.2) is 15.6 Å². The Morgan fingerprint density at radius 1 is 1.17 bits per heavy atom. The Kier molecular flexibility index (Phi) is 4.78. The zero-order valence-electron chi connectivity index (χ0n) is 13.0. The summed E-state index contributed by atoms with van der Waals surface area (Å²) in [5, 5.41) is 19.6. The van der Waals surface area contributed by atoms with Crippen LogP contribution in [0.25, 0.3) is 0 Å². The largest absolute Gasteiger partial charge is 0.479 e. The van der Waals surface area contributed by atoms with Crippen molar-refractivity contribution < 1.29 is 19.8 Å². The minimum absolute atomic E-state index is 0.0111. The van der Waals surface area contributed by atoms with Gasteiger partial charge in [0, 0.05) is 37.0 Å². The van der Waals surface area contributed by atoms with Crippen molar-refractivity contribution >= 4 is 23.5 Å². The summed E-state index contributed by atoms with van der Waals surface area (Å²) in [7, 11) is 0. The number of halogens is 1. The molecule has 2 fully saturated rings. The van der Waals surface area contributed by atoms with Crippen LogP contribution in [0.2, 0.25) is 5.02 Å². The van der Waals surface area contributed by atoms with Gasteiger partial charge in [-0.15, -0.1) is 0 Å². The molecule has 2 atom stereocenters. The lowest BCUT2D eigenvalue weighted by Crippen LogP contribution is -2.54. The first-order valence-electron chi connectivity index (χ1n) is 7.90. The fourth-order valence-electron chi connectivity index (χ4n) is 3.16. The molecular formula is C16H20ClN3O4. The van der Waals surface area contributed by atoms with E-state index in [1.54, 1.807) is 4.90 Å². The SMILES string of the molecule is O=C(C1CC(c2ccc(Cl)cc2)NN1)N1CCC(O)(C(=O)O)CC1. The number of benzene rings is 1. The van der Waals surface area contributed by atoms with Crippen molar-refractivity contribution in [2.24, 2.45) is 0 Å². The molecule has 0 saturated carbocycles. The van der Waals surface area contributed by atoms with Crippen LogP contribution >= 0.6 is 11.6 Å². The fraction of sp³-hybridized carbons (Fsp3) is 0.500. The predicted octanol–water partition coefficient (Wildman–Crippen LogP) is 0.686. The number of aliphatic hydroxyl groups is 1. The molecule has 24 heavy (non-hydrogen) atoms.